The van der Waals surface area contributed by atoms with Crippen LogP contribution in [0.2, 0.25) is 0 Å². The maximum absolute atomic E-state index is 13.0. The minimum Gasteiger partial charge on any atom is -0.312 e. The van der Waals surface area contributed by atoms with Gasteiger partial charge in [0.15, 0.2) is 0 Å². The number of pyridine rings is 1. The largest absolute Gasteiger partial charge is 0.312 e. The van der Waals surface area contributed by atoms with E-state index in [1.165, 1.54) is 12.1 Å². The summed E-state index contributed by atoms with van der Waals surface area (Å²) >= 11 is 0. The van der Waals surface area contributed by atoms with Crippen molar-refractivity contribution in [2.24, 2.45) is 7.05 Å². The average Bonchev–Trinajstić information content (AvgIpc) is 2.49. The first-order valence-corrected chi connectivity index (χ1v) is 7.29. The minimum absolute atomic E-state index is 0.0131. The molecule has 2 rings (SSSR count). The highest BCUT2D eigenvalue weighted by atomic mass is 19.1. The van der Waals surface area contributed by atoms with Crippen LogP contribution in [0.5, 0.6) is 0 Å². The Kier molecular flexibility index (Phi) is 5.28. The van der Waals surface area contributed by atoms with Crippen molar-refractivity contribution in [2.75, 3.05) is 6.54 Å². The number of rotatable bonds is 6. The van der Waals surface area contributed by atoms with Crippen LogP contribution in [0.25, 0.3) is 11.3 Å². The van der Waals surface area contributed by atoms with Gasteiger partial charge in [-0.15, -0.1) is 0 Å². The van der Waals surface area contributed by atoms with Crippen LogP contribution < -0.4 is 10.9 Å². The van der Waals surface area contributed by atoms with Gasteiger partial charge >= 0.3 is 0 Å². The van der Waals surface area contributed by atoms with E-state index in [-0.39, 0.29) is 11.4 Å². The van der Waals surface area contributed by atoms with Gasteiger partial charge in [0.25, 0.3) is 5.56 Å². The number of unbranched alkanes of at least 4 members (excludes halogenated alkanes) is 1. The van der Waals surface area contributed by atoms with E-state index in [0.29, 0.717) is 6.54 Å². The van der Waals surface area contributed by atoms with Crippen LogP contribution in [-0.2, 0) is 13.6 Å². The summed E-state index contributed by atoms with van der Waals surface area (Å²) in [6.45, 7) is 3.63. The lowest BCUT2D eigenvalue weighted by molar-refractivity contribution is 0.628. The molecule has 3 nitrogen and oxygen atoms in total. The van der Waals surface area contributed by atoms with Gasteiger partial charge < -0.3 is 9.88 Å². The number of hydrogen-bond acceptors (Lipinski definition) is 2. The lowest BCUT2D eigenvalue weighted by Crippen LogP contribution is -2.26. The molecule has 0 atom stereocenters. The van der Waals surface area contributed by atoms with Crippen LogP contribution in [0.15, 0.2) is 41.2 Å². The van der Waals surface area contributed by atoms with Gasteiger partial charge in [0.1, 0.15) is 5.82 Å². The number of nitrogens with one attached hydrogen (secondary N) is 1. The van der Waals surface area contributed by atoms with Crippen LogP contribution in [0.3, 0.4) is 0 Å². The Hall–Kier alpha value is -1.94. The van der Waals surface area contributed by atoms with E-state index in [4.69, 9.17) is 0 Å². The molecule has 0 saturated carbocycles. The van der Waals surface area contributed by atoms with Gasteiger partial charge in [-0.05, 0) is 48.9 Å². The molecule has 0 saturated heterocycles. The van der Waals surface area contributed by atoms with Crippen LogP contribution in [0.1, 0.15) is 25.3 Å². The summed E-state index contributed by atoms with van der Waals surface area (Å²) in [6, 6.07) is 9.93. The van der Waals surface area contributed by atoms with Crippen molar-refractivity contribution in [1.82, 2.24) is 9.88 Å². The molecule has 2 aromatic rings. The molecule has 1 N–H and O–H groups in total. The second-order valence-corrected chi connectivity index (χ2v) is 5.15. The molecule has 0 aliphatic heterocycles. The molecule has 0 aliphatic rings. The van der Waals surface area contributed by atoms with Crippen LogP contribution in [-0.4, -0.2) is 11.1 Å². The topological polar surface area (TPSA) is 34.0 Å². The SMILES string of the molecule is CCCCNCc1ccc(-c2ccc(F)cc2)n(C)c1=O. The minimum atomic E-state index is -0.277. The molecule has 1 heterocycles. The molecule has 0 spiro atoms. The summed E-state index contributed by atoms with van der Waals surface area (Å²) < 4.78 is 14.6. The van der Waals surface area contributed by atoms with Crippen LogP contribution >= 0.6 is 0 Å². The summed E-state index contributed by atoms with van der Waals surface area (Å²) in [5.74, 6) is -0.277. The van der Waals surface area contributed by atoms with Gasteiger partial charge in [0.2, 0.25) is 0 Å². The Labute approximate surface area is 124 Å². The van der Waals surface area contributed by atoms with Crippen molar-refractivity contribution >= 4 is 0 Å². The summed E-state index contributed by atoms with van der Waals surface area (Å²) in [5.41, 5.74) is 2.36. The predicted molar refractivity (Wildman–Crippen MR) is 83.7 cm³/mol. The van der Waals surface area contributed by atoms with E-state index in [1.807, 2.05) is 12.1 Å². The molecule has 1 aromatic heterocycles. The van der Waals surface area contributed by atoms with Gasteiger partial charge in [-0.3, -0.25) is 4.79 Å². The zero-order chi connectivity index (χ0) is 15.2. The molecule has 112 valence electrons. The summed E-state index contributed by atoms with van der Waals surface area (Å²) in [6.07, 6.45) is 2.24. The van der Waals surface area contributed by atoms with E-state index in [1.54, 1.807) is 23.7 Å². The lowest BCUT2D eigenvalue weighted by Gasteiger charge is -2.11. The van der Waals surface area contributed by atoms with E-state index < -0.39 is 0 Å². The highest BCUT2D eigenvalue weighted by molar-refractivity contribution is 5.59. The zero-order valence-electron chi connectivity index (χ0n) is 12.5. The predicted octanol–water partition coefficient (Wildman–Crippen LogP) is 3.08. The second kappa shape index (κ2) is 7.18. The second-order valence-electron chi connectivity index (χ2n) is 5.15. The fourth-order valence-corrected chi connectivity index (χ4v) is 2.26. The summed E-state index contributed by atoms with van der Waals surface area (Å²) in [4.78, 5) is 12.3. The third-order valence-electron chi connectivity index (χ3n) is 3.55. The molecular formula is C17H21FN2O. The first kappa shape index (κ1) is 15.4. The van der Waals surface area contributed by atoms with Gasteiger partial charge in [0.05, 0.1) is 5.69 Å². The van der Waals surface area contributed by atoms with Crippen molar-refractivity contribution in [2.45, 2.75) is 26.3 Å². The van der Waals surface area contributed by atoms with E-state index in [9.17, 15) is 9.18 Å². The molecular weight excluding hydrogens is 267 g/mol. The molecule has 21 heavy (non-hydrogen) atoms. The maximum Gasteiger partial charge on any atom is 0.255 e. The first-order valence-electron chi connectivity index (χ1n) is 7.29. The van der Waals surface area contributed by atoms with Crippen molar-refractivity contribution in [3.8, 4) is 11.3 Å². The molecule has 4 heteroatoms. The summed E-state index contributed by atoms with van der Waals surface area (Å²) in [5, 5.41) is 3.27. The Bertz CT molecular complexity index is 647. The Morgan fingerprint density at radius 1 is 1.14 bits per heavy atom. The van der Waals surface area contributed by atoms with Gasteiger partial charge in [-0.1, -0.05) is 19.4 Å². The van der Waals surface area contributed by atoms with E-state index in [2.05, 4.69) is 12.2 Å². The average molecular weight is 288 g/mol. The quantitative estimate of drug-likeness (QED) is 0.829. The Morgan fingerprint density at radius 3 is 2.52 bits per heavy atom. The van der Waals surface area contributed by atoms with Crippen molar-refractivity contribution in [3.63, 3.8) is 0 Å². The number of aromatic nitrogens is 1. The molecule has 0 bridgehead atoms. The lowest BCUT2D eigenvalue weighted by atomic mass is 10.1. The first-order chi connectivity index (χ1) is 10.1. The molecule has 0 amide bonds. The molecule has 0 radical (unpaired) electrons. The standard InChI is InChI=1S/C17H21FN2O/c1-3-4-11-19-12-14-7-10-16(20(2)17(14)21)13-5-8-15(18)9-6-13/h5-10,19H,3-4,11-12H2,1-2H3. The highest BCUT2D eigenvalue weighted by Crippen LogP contribution is 2.18. The highest BCUT2D eigenvalue weighted by Gasteiger charge is 2.07. The number of benzene rings is 1. The van der Waals surface area contributed by atoms with E-state index >= 15 is 0 Å². The fraction of sp³-hybridized carbons (Fsp3) is 0.353. The number of nitrogens with zero attached hydrogens (tertiary/aromatic N) is 1. The maximum atomic E-state index is 13.0. The van der Waals surface area contributed by atoms with Gasteiger partial charge in [0, 0.05) is 19.2 Å². The summed E-state index contributed by atoms with van der Waals surface area (Å²) in [7, 11) is 1.75. The van der Waals surface area contributed by atoms with Crippen molar-refractivity contribution in [3.05, 3.63) is 58.1 Å². The Balaban J connectivity index is 2.21. The third kappa shape index (κ3) is 3.79. The monoisotopic (exact) mass is 288 g/mol. The van der Waals surface area contributed by atoms with E-state index in [0.717, 1.165) is 36.2 Å². The number of hydrogen-bond donors (Lipinski definition) is 1. The molecule has 0 aliphatic carbocycles. The van der Waals surface area contributed by atoms with Crippen LogP contribution in [0, 0.1) is 5.82 Å². The van der Waals surface area contributed by atoms with Crippen LogP contribution in [0.4, 0.5) is 4.39 Å². The normalized spacial score (nSPS) is 10.8. The van der Waals surface area contributed by atoms with Crippen molar-refractivity contribution < 1.29 is 4.39 Å². The smallest absolute Gasteiger partial charge is 0.255 e. The van der Waals surface area contributed by atoms with Gasteiger partial charge in [-0.25, -0.2) is 4.39 Å². The molecule has 0 unspecified atom stereocenters. The zero-order valence-corrected chi connectivity index (χ0v) is 12.5. The fourth-order valence-electron chi connectivity index (χ4n) is 2.26. The third-order valence-corrected chi connectivity index (χ3v) is 3.55. The van der Waals surface area contributed by atoms with Gasteiger partial charge in [-0.2, -0.15) is 0 Å². The number of halogens is 1. The Morgan fingerprint density at radius 2 is 1.86 bits per heavy atom. The molecule has 1 aromatic carbocycles. The van der Waals surface area contributed by atoms with Crippen molar-refractivity contribution in [1.29, 1.82) is 0 Å². The molecule has 0 fully saturated rings.